The van der Waals surface area contributed by atoms with Crippen molar-refractivity contribution in [2.24, 2.45) is 0 Å². The molecule has 3 saturated heterocycles. The van der Waals surface area contributed by atoms with E-state index in [0.29, 0.717) is 55.5 Å². The van der Waals surface area contributed by atoms with Gasteiger partial charge in [-0.1, -0.05) is 5.92 Å². The molecule has 164 valence electrons. The van der Waals surface area contributed by atoms with Crippen molar-refractivity contribution in [3.63, 3.8) is 0 Å². The molecule has 7 heteroatoms. The smallest absolute Gasteiger partial charge is 0.257 e. The zero-order valence-electron chi connectivity index (χ0n) is 17.4. The molecule has 0 aliphatic carbocycles. The van der Waals surface area contributed by atoms with Crippen molar-refractivity contribution in [1.82, 2.24) is 9.80 Å². The van der Waals surface area contributed by atoms with Crippen LogP contribution in [0.3, 0.4) is 0 Å². The monoisotopic (exact) mass is 436 g/mol. The average molecular weight is 436 g/mol. The summed E-state index contributed by atoms with van der Waals surface area (Å²) in [5, 5.41) is 0. The third-order valence-electron chi connectivity index (χ3n) is 6.75. The van der Waals surface area contributed by atoms with Crippen LogP contribution in [0, 0.1) is 24.0 Å². The van der Waals surface area contributed by atoms with Crippen molar-refractivity contribution >= 4 is 11.8 Å². The molecule has 3 heterocycles. The number of carbonyl (C=O) groups is 2. The number of ether oxygens (including phenoxy) is 1. The highest BCUT2D eigenvalue weighted by atomic mass is 19.1. The maximum atomic E-state index is 13.7. The second-order valence-electron chi connectivity index (χ2n) is 8.59. The molecular formula is C25H22F2N2O3. The van der Waals surface area contributed by atoms with Crippen LogP contribution in [0.4, 0.5) is 8.78 Å². The molecule has 2 aromatic rings. The quantitative estimate of drug-likeness (QED) is 0.676. The Morgan fingerprint density at radius 3 is 2.34 bits per heavy atom. The second kappa shape index (κ2) is 7.72. The molecule has 5 nitrogen and oxygen atoms in total. The number of likely N-dealkylation sites (tertiary alicyclic amines) is 1. The standard InChI is InChI=1S/C25H22F2N2O3/c1-2-16-3-5-17(6-4-16)23(30)28-11-9-25(10-12-28)24(31)29-21(7-8-22(29)32-25)18-13-19(26)15-20(27)14-18/h1,3-6,13-15,21-22H,7-12H2/t21-,22+/m0/s1. The first-order chi connectivity index (χ1) is 15.4. The molecule has 2 amide bonds. The Balaban J connectivity index is 1.30. The molecule has 0 N–H and O–H groups in total. The maximum Gasteiger partial charge on any atom is 0.257 e. The van der Waals surface area contributed by atoms with Gasteiger partial charge in [-0.3, -0.25) is 9.59 Å². The molecule has 0 radical (unpaired) electrons. The molecule has 2 aromatic carbocycles. The summed E-state index contributed by atoms with van der Waals surface area (Å²) in [6, 6.07) is 9.84. The molecule has 32 heavy (non-hydrogen) atoms. The van der Waals surface area contributed by atoms with Crippen molar-refractivity contribution in [3.05, 3.63) is 70.8 Å². The Morgan fingerprint density at radius 2 is 1.72 bits per heavy atom. The van der Waals surface area contributed by atoms with E-state index in [1.807, 2.05) is 0 Å². The number of hydrogen-bond donors (Lipinski definition) is 0. The lowest BCUT2D eigenvalue weighted by Gasteiger charge is -2.37. The first kappa shape index (κ1) is 20.7. The Kier molecular flexibility index (Phi) is 4.98. The van der Waals surface area contributed by atoms with E-state index in [2.05, 4.69) is 5.92 Å². The van der Waals surface area contributed by atoms with Crippen LogP contribution in [0.25, 0.3) is 0 Å². The fraction of sp³-hybridized carbons (Fsp3) is 0.360. The highest BCUT2D eigenvalue weighted by Gasteiger charge is 2.58. The SMILES string of the molecule is C#Cc1ccc(C(=O)N2CCC3(CC2)O[C@@H]2CC[C@@H](c4cc(F)cc(F)c4)N2C3=O)cc1. The average Bonchev–Trinajstić information content (AvgIpc) is 3.31. The summed E-state index contributed by atoms with van der Waals surface area (Å²) in [6.07, 6.45) is 6.94. The Hall–Kier alpha value is -3.24. The summed E-state index contributed by atoms with van der Waals surface area (Å²) >= 11 is 0. The first-order valence-corrected chi connectivity index (χ1v) is 10.7. The molecule has 0 unspecified atom stereocenters. The minimum absolute atomic E-state index is 0.109. The van der Waals surface area contributed by atoms with Crippen LogP contribution in [-0.4, -0.2) is 46.5 Å². The lowest BCUT2D eigenvalue weighted by molar-refractivity contribution is -0.142. The van der Waals surface area contributed by atoms with Gasteiger partial charge in [0.2, 0.25) is 0 Å². The third kappa shape index (κ3) is 3.35. The number of halogens is 2. The van der Waals surface area contributed by atoms with E-state index in [1.165, 1.54) is 12.1 Å². The number of nitrogens with zero attached hydrogens (tertiary/aromatic N) is 2. The predicted molar refractivity (Wildman–Crippen MR) is 112 cm³/mol. The fourth-order valence-corrected chi connectivity index (χ4v) is 5.10. The topological polar surface area (TPSA) is 49.9 Å². The fourth-order valence-electron chi connectivity index (χ4n) is 5.10. The van der Waals surface area contributed by atoms with Crippen LogP contribution in [0.2, 0.25) is 0 Å². The van der Waals surface area contributed by atoms with Gasteiger partial charge in [0.05, 0.1) is 6.04 Å². The van der Waals surface area contributed by atoms with Gasteiger partial charge in [0.25, 0.3) is 11.8 Å². The summed E-state index contributed by atoms with van der Waals surface area (Å²) in [5.74, 6) is 0.946. The zero-order valence-corrected chi connectivity index (χ0v) is 17.4. The van der Waals surface area contributed by atoms with E-state index in [0.717, 1.165) is 6.07 Å². The maximum absolute atomic E-state index is 13.7. The Morgan fingerprint density at radius 1 is 1.06 bits per heavy atom. The summed E-state index contributed by atoms with van der Waals surface area (Å²) in [5.41, 5.74) is 0.714. The van der Waals surface area contributed by atoms with Crippen molar-refractivity contribution in [2.45, 2.75) is 43.6 Å². The van der Waals surface area contributed by atoms with Gasteiger partial charge in [0.15, 0.2) is 5.60 Å². The molecule has 3 aliphatic heterocycles. The van der Waals surface area contributed by atoms with E-state index in [1.54, 1.807) is 34.1 Å². The lowest BCUT2D eigenvalue weighted by Crippen LogP contribution is -2.51. The summed E-state index contributed by atoms with van der Waals surface area (Å²) in [6.45, 7) is 0.780. The molecule has 3 fully saturated rings. The largest absolute Gasteiger partial charge is 0.342 e. The van der Waals surface area contributed by atoms with E-state index in [-0.39, 0.29) is 11.8 Å². The number of fused-ring (bicyclic) bond motifs is 1. The van der Waals surface area contributed by atoms with Gasteiger partial charge in [-0.15, -0.1) is 6.42 Å². The van der Waals surface area contributed by atoms with Crippen LogP contribution in [-0.2, 0) is 9.53 Å². The second-order valence-corrected chi connectivity index (χ2v) is 8.59. The van der Waals surface area contributed by atoms with Gasteiger partial charge >= 0.3 is 0 Å². The number of benzene rings is 2. The number of piperidine rings is 1. The van der Waals surface area contributed by atoms with Crippen LogP contribution in [0.15, 0.2) is 42.5 Å². The van der Waals surface area contributed by atoms with Gasteiger partial charge in [-0.25, -0.2) is 8.78 Å². The van der Waals surface area contributed by atoms with Gasteiger partial charge in [0.1, 0.15) is 17.9 Å². The van der Waals surface area contributed by atoms with Crippen molar-refractivity contribution in [1.29, 1.82) is 0 Å². The van der Waals surface area contributed by atoms with Gasteiger partial charge in [-0.2, -0.15) is 0 Å². The van der Waals surface area contributed by atoms with E-state index < -0.39 is 29.5 Å². The van der Waals surface area contributed by atoms with E-state index in [4.69, 9.17) is 11.2 Å². The first-order valence-electron chi connectivity index (χ1n) is 10.7. The predicted octanol–water partition coefficient (Wildman–Crippen LogP) is 3.64. The molecule has 1 spiro atoms. The minimum atomic E-state index is -0.987. The molecule has 2 atom stereocenters. The van der Waals surface area contributed by atoms with Crippen LogP contribution in [0.5, 0.6) is 0 Å². The summed E-state index contributed by atoms with van der Waals surface area (Å²) in [7, 11) is 0. The normalized spacial score (nSPS) is 24.0. The minimum Gasteiger partial charge on any atom is -0.342 e. The van der Waals surface area contributed by atoms with Gasteiger partial charge in [-0.05, 0) is 54.8 Å². The van der Waals surface area contributed by atoms with Crippen molar-refractivity contribution < 1.29 is 23.1 Å². The number of terminal acetylenes is 1. The van der Waals surface area contributed by atoms with E-state index >= 15 is 0 Å². The number of amides is 2. The zero-order chi connectivity index (χ0) is 22.5. The van der Waals surface area contributed by atoms with Crippen LogP contribution in [0.1, 0.15) is 53.2 Å². The number of hydrogen-bond acceptors (Lipinski definition) is 3. The highest BCUT2D eigenvalue weighted by molar-refractivity contribution is 5.95. The van der Waals surface area contributed by atoms with Crippen molar-refractivity contribution in [2.75, 3.05) is 13.1 Å². The molecule has 0 aromatic heterocycles. The summed E-state index contributed by atoms with van der Waals surface area (Å²) < 4.78 is 33.7. The van der Waals surface area contributed by atoms with Crippen LogP contribution >= 0.6 is 0 Å². The van der Waals surface area contributed by atoms with Gasteiger partial charge in [0, 0.05) is 43.1 Å². The third-order valence-corrected chi connectivity index (χ3v) is 6.75. The Labute approximate surface area is 185 Å². The molecule has 0 bridgehead atoms. The Bertz CT molecular complexity index is 1100. The van der Waals surface area contributed by atoms with Gasteiger partial charge < -0.3 is 14.5 Å². The summed E-state index contributed by atoms with van der Waals surface area (Å²) in [4.78, 5) is 29.6. The molecule has 0 saturated carbocycles. The van der Waals surface area contributed by atoms with Crippen LogP contribution < -0.4 is 0 Å². The lowest BCUT2D eigenvalue weighted by atomic mass is 9.89. The molecular weight excluding hydrogens is 414 g/mol. The number of carbonyl (C=O) groups excluding carboxylic acids is 2. The molecule has 5 rings (SSSR count). The highest BCUT2D eigenvalue weighted by Crippen LogP contribution is 2.47. The van der Waals surface area contributed by atoms with E-state index in [9.17, 15) is 18.4 Å². The molecule has 3 aliphatic rings. The number of rotatable bonds is 2. The van der Waals surface area contributed by atoms with Crippen molar-refractivity contribution in [3.8, 4) is 12.3 Å².